The van der Waals surface area contributed by atoms with Crippen molar-refractivity contribution in [2.75, 3.05) is 32.2 Å². The van der Waals surface area contributed by atoms with E-state index in [1.165, 1.54) is 0 Å². The number of hydrogen-bond acceptors (Lipinski definition) is 4. The molecular formula is C14H22N2O3. The average molecular weight is 266 g/mol. The molecule has 0 fully saturated rings. The Morgan fingerprint density at radius 3 is 2.58 bits per heavy atom. The van der Waals surface area contributed by atoms with Crippen molar-refractivity contribution in [3.63, 3.8) is 0 Å². The second kappa shape index (κ2) is 8.50. The standard InChI is InChI=1S/C14H22N2O3/c1-11(10-15)9-14(17)16-12-3-5-13(6-4-12)19-8-7-18-2/h3-6,11H,7-10,15H2,1-2H3,(H,16,17). The molecule has 0 heterocycles. The van der Waals surface area contributed by atoms with E-state index in [1.54, 1.807) is 7.11 Å². The van der Waals surface area contributed by atoms with Crippen molar-refractivity contribution < 1.29 is 14.3 Å². The summed E-state index contributed by atoms with van der Waals surface area (Å²) in [5, 5.41) is 2.83. The number of carbonyl (C=O) groups is 1. The second-order valence-electron chi connectivity index (χ2n) is 4.46. The monoisotopic (exact) mass is 266 g/mol. The Labute approximate surface area is 114 Å². The summed E-state index contributed by atoms with van der Waals surface area (Å²) >= 11 is 0. The molecule has 3 N–H and O–H groups in total. The quantitative estimate of drug-likeness (QED) is 0.701. The molecule has 106 valence electrons. The van der Waals surface area contributed by atoms with E-state index < -0.39 is 0 Å². The summed E-state index contributed by atoms with van der Waals surface area (Å²) < 4.78 is 10.3. The van der Waals surface area contributed by atoms with Gasteiger partial charge in [-0.25, -0.2) is 0 Å². The lowest BCUT2D eigenvalue weighted by atomic mass is 10.1. The highest BCUT2D eigenvalue weighted by Crippen LogP contribution is 2.16. The van der Waals surface area contributed by atoms with Crippen LogP contribution in [0.15, 0.2) is 24.3 Å². The smallest absolute Gasteiger partial charge is 0.224 e. The number of carbonyl (C=O) groups excluding carboxylic acids is 1. The molecule has 0 bridgehead atoms. The van der Waals surface area contributed by atoms with Crippen LogP contribution in [0.2, 0.25) is 0 Å². The summed E-state index contributed by atoms with van der Waals surface area (Å²) in [7, 11) is 1.63. The predicted octanol–water partition coefficient (Wildman–Crippen LogP) is 1.64. The molecule has 0 saturated heterocycles. The summed E-state index contributed by atoms with van der Waals surface area (Å²) in [5.74, 6) is 0.924. The molecule has 5 nitrogen and oxygen atoms in total. The van der Waals surface area contributed by atoms with Crippen molar-refractivity contribution in [3.05, 3.63) is 24.3 Å². The molecule has 0 spiro atoms. The number of anilines is 1. The van der Waals surface area contributed by atoms with Gasteiger partial charge in [-0.15, -0.1) is 0 Å². The van der Waals surface area contributed by atoms with E-state index in [4.69, 9.17) is 15.2 Å². The van der Waals surface area contributed by atoms with E-state index in [0.29, 0.717) is 26.2 Å². The summed E-state index contributed by atoms with van der Waals surface area (Å²) in [4.78, 5) is 11.7. The maximum Gasteiger partial charge on any atom is 0.224 e. The normalized spacial score (nSPS) is 11.9. The third-order valence-corrected chi connectivity index (χ3v) is 2.63. The molecule has 0 aliphatic carbocycles. The average Bonchev–Trinajstić information content (AvgIpc) is 2.40. The van der Waals surface area contributed by atoms with E-state index in [9.17, 15) is 4.79 Å². The van der Waals surface area contributed by atoms with E-state index in [0.717, 1.165) is 11.4 Å². The van der Waals surface area contributed by atoms with Gasteiger partial charge in [-0.05, 0) is 36.7 Å². The zero-order valence-electron chi connectivity index (χ0n) is 11.5. The highest BCUT2D eigenvalue weighted by molar-refractivity contribution is 5.90. The molecule has 0 saturated carbocycles. The van der Waals surface area contributed by atoms with Gasteiger partial charge in [0, 0.05) is 19.2 Å². The van der Waals surface area contributed by atoms with Gasteiger partial charge in [-0.1, -0.05) is 6.92 Å². The van der Waals surface area contributed by atoms with Crippen LogP contribution in [0.5, 0.6) is 5.75 Å². The van der Waals surface area contributed by atoms with Gasteiger partial charge in [0.1, 0.15) is 12.4 Å². The Hall–Kier alpha value is -1.59. The Morgan fingerprint density at radius 1 is 1.32 bits per heavy atom. The summed E-state index contributed by atoms with van der Waals surface area (Å²) in [6.07, 6.45) is 0.433. The molecule has 1 amide bonds. The molecule has 0 radical (unpaired) electrons. The van der Waals surface area contributed by atoms with Crippen molar-refractivity contribution >= 4 is 11.6 Å². The van der Waals surface area contributed by atoms with Crippen LogP contribution in [0.4, 0.5) is 5.69 Å². The lowest BCUT2D eigenvalue weighted by molar-refractivity contribution is -0.116. The maximum absolute atomic E-state index is 11.7. The largest absolute Gasteiger partial charge is 0.491 e. The molecule has 19 heavy (non-hydrogen) atoms. The number of methoxy groups -OCH3 is 1. The van der Waals surface area contributed by atoms with Gasteiger partial charge < -0.3 is 20.5 Å². The lowest BCUT2D eigenvalue weighted by Gasteiger charge is -2.10. The Balaban J connectivity index is 2.41. The van der Waals surface area contributed by atoms with Crippen molar-refractivity contribution in [3.8, 4) is 5.75 Å². The minimum atomic E-state index is -0.0222. The molecular weight excluding hydrogens is 244 g/mol. The topological polar surface area (TPSA) is 73.6 Å². The van der Waals surface area contributed by atoms with Gasteiger partial charge in [-0.3, -0.25) is 4.79 Å². The minimum absolute atomic E-state index is 0.0222. The second-order valence-corrected chi connectivity index (χ2v) is 4.46. The predicted molar refractivity (Wildman–Crippen MR) is 75.3 cm³/mol. The number of nitrogens with two attached hydrogens (primary N) is 1. The first kappa shape index (κ1) is 15.5. The maximum atomic E-state index is 11.7. The molecule has 1 atom stereocenters. The molecule has 5 heteroatoms. The summed E-state index contributed by atoms with van der Waals surface area (Å²) in [5.41, 5.74) is 6.24. The van der Waals surface area contributed by atoms with Crippen LogP contribution in [0.25, 0.3) is 0 Å². The first-order chi connectivity index (χ1) is 9.15. The van der Waals surface area contributed by atoms with Crippen LogP contribution in [0.1, 0.15) is 13.3 Å². The van der Waals surface area contributed by atoms with Crippen molar-refractivity contribution in [2.45, 2.75) is 13.3 Å². The fraction of sp³-hybridized carbons (Fsp3) is 0.500. The molecule has 0 aromatic heterocycles. The SMILES string of the molecule is COCCOc1ccc(NC(=O)CC(C)CN)cc1. The first-order valence-corrected chi connectivity index (χ1v) is 6.37. The van der Waals surface area contributed by atoms with Crippen LogP contribution >= 0.6 is 0 Å². The number of benzene rings is 1. The fourth-order valence-electron chi connectivity index (χ4n) is 1.49. The highest BCUT2D eigenvalue weighted by Gasteiger charge is 2.07. The van der Waals surface area contributed by atoms with E-state index in [2.05, 4.69) is 5.32 Å². The molecule has 1 rings (SSSR count). The summed E-state index contributed by atoms with van der Waals surface area (Å²) in [6, 6.07) is 7.26. The van der Waals surface area contributed by atoms with Crippen LogP contribution in [0.3, 0.4) is 0 Å². The van der Waals surface area contributed by atoms with Gasteiger partial charge in [0.15, 0.2) is 0 Å². The van der Waals surface area contributed by atoms with Crippen molar-refractivity contribution in [1.29, 1.82) is 0 Å². The van der Waals surface area contributed by atoms with Gasteiger partial charge >= 0.3 is 0 Å². The molecule has 0 aliphatic rings. The zero-order valence-corrected chi connectivity index (χ0v) is 11.5. The number of nitrogens with one attached hydrogen (secondary N) is 1. The Morgan fingerprint density at radius 2 is 2.00 bits per heavy atom. The lowest BCUT2D eigenvalue weighted by Crippen LogP contribution is -2.20. The van der Waals surface area contributed by atoms with Crippen LogP contribution in [-0.2, 0) is 9.53 Å². The van der Waals surface area contributed by atoms with Crippen LogP contribution in [-0.4, -0.2) is 32.8 Å². The van der Waals surface area contributed by atoms with E-state index in [1.807, 2.05) is 31.2 Å². The molecule has 0 aliphatic heterocycles. The Kier molecular flexibility index (Phi) is 6.92. The van der Waals surface area contributed by atoms with Gasteiger partial charge in [0.05, 0.1) is 6.61 Å². The number of hydrogen-bond donors (Lipinski definition) is 2. The fourth-order valence-corrected chi connectivity index (χ4v) is 1.49. The van der Waals surface area contributed by atoms with E-state index in [-0.39, 0.29) is 11.8 Å². The van der Waals surface area contributed by atoms with Crippen LogP contribution in [0, 0.1) is 5.92 Å². The minimum Gasteiger partial charge on any atom is -0.491 e. The number of rotatable bonds is 8. The van der Waals surface area contributed by atoms with Gasteiger partial charge in [0.2, 0.25) is 5.91 Å². The van der Waals surface area contributed by atoms with Crippen LogP contribution < -0.4 is 15.8 Å². The van der Waals surface area contributed by atoms with Gasteiger partial charge in [-0.2, -0.15) is 0 Å². The number of amides is 1. The molecule has 1 aromatic rings. The Bertz CT molecular complexity index is 379. The summed E-state index contributed by atoms with van der Waals surface area (Å²) in [6.45, 7) is 3.53. The first-order valence-electron chi connectivity index (χ1n) is 6.37. The van der Waals surface area contributed by atoms with E-state index >= 15 is 0 Å². The van der Waals surface area contributed by atoms with Gasteiger partial charge in [0.25, 0.3) is 0 Å². The van der Waals surface area contributed by atoms with Crippen molar-refractivity contribution in [2.24, 2.45) is 11.7 Å². The third kappa shape index (κ3) is 6.22. The zero-order chi connectivity index (χ0) is 14.1. The molecule has 1 aromatic carbocycles. The highest BCUT2D eigenvalue weighted by atomic mass is 16.5. The molecule has 1 unspecified atom stereocenters. The third-order valence-electron chi connectivity index (χ3n) is 2.63. The number of ether oxygens (including phenoxy) is 2. The van der Waals surface area contributed by atoms with Crippen molar-refractivity contribution in [1.82, 2.24) is 0 Å².